The van der Waals surface area contributed by atoms with Gasteiger partial charge in [-0.05, 0) is 61.1 Å². The molecular formula is C25H24Cl2N2O4S. The van der Waals surface area contributed by atoms with Crippen LogP contribution in [-0.4, -0.2) is 30.1 Å². The maximum atomic E-state index is 12.7. The van der Waals surface area contributed by atoms with Crippen molar-refractivity contribution in [2.24, 2.45) is 0 Å². The van der Waals surface area contributed by atoms with Gasteiger partial charge >= 0.3 is 0 Å². The van der Waals surface area contributed by atoms with E-state index in [1.54, 1.807) is 43.3 Å². The van der Waals surface area contributed by atoms with E-state index in [-0.39, 0.29) is 29.3 Å². The van der Waals surface area contributed by atoms with Crippen molar-refractivity contribution in [3.05, 3.63) is 74.8 Å². The van der Waals surface area contributed by atoms with Gasteiger partial charge in [0.2, 0.25) is 5.89 Å². The van der Waals surface area contributed by atoms with Crippen LogP contribution >= 0.6 is 23.2 Å². The highest BCUT2D eigenvalue weighted by Gasteiger charge is 2.52. The fraction of sp³-hybridized carbons (Fsp3) is 0.400. The maximum absolute atomic E-state index is 12.7. The average Bonchev–Trinajstić information content (AvgIpc) is 3.73. The average molecular weight is 519 g/mol. The number of ketones is 1. The van der Waals surface area contributed by atoms with E-state index in [2.05, 4.69) is 10.1 Å². The molecule has 1 heterocycles. The van der Waals surface area contributed by atoms with Crippen molar-refractivity contribution in [3.63, 3.8) is 0 Å². The largest absolute Gasteiger partial charge is 0.339 e. The smallest absolute Gasteiger partial charge is 0.229 e. The van der Waals surface area contributed by atoms with Gasteiger partial charge in [0.15, 0.2) is 15.7 Å². The molecule has 0 saturated heterocycles. The number of carbonyl (C=O) groups excluding carboxylic acids is 1. The molecule has 2 aliphatic rings. The second kappa shape index (κ2) is 8.77. The number of hydrogen-bond donors (Lipinski definition) is 0. The minimum Gasteiger partial charge on any atom is -0.339 e. The van der Waals surface area contributed by atoms with E-state index >= 15 is 0 Å². The fourth-order valence-corrected chi connectivity index (χ4v) is 6.10. The van der Waals surface area contributed by atoms with Gasteiger partial charge in [0.25, 0.3) is 0 Å². The molecule has 0 unspecified atom stereocenters. The van der Waals surface area contributed by atoms with E-state index in [0.717, 1.165) is 42.4 Å². The summed E-state index contributed by atoms with van der Waals surface area (Å²) < 4.78 is 29.4. The van der Waals surface area contributed by atoms with Crippen LogP contribution < -0.4 is 0 Å². The zero-order valence-corrected chi connectivity index (χ0v) is 21.0. The van der Waals surface area contributed by atoms with Crippen molar-refractivity contribution in [2.75, 3.05) is 5.75 Å². The number of halogens is 2. The number of hydrogen-bond acceptors (Lipinski definition) is 6. The van der Waals surface area contributed by atoms with Crippen LogP contribution in [0.2, 0.25) is 10.0 Å². The molecular weight excluding hydrogens is 495 g/mol. The monoisotopic (exact) mass is 518 g/mol. The van der Waals surface area contributed by atoms with Crippen LogP contribution in [0.3, 0.4) is 0 Å². The van der Waals surface area contributed by atoms with Crippen molar-refractivity contribution in [2.45, 2.75) is 61.7 Å². The Morgan fingerprint density at radius 1 is 1.06 bits per heavy atom. The van der Waals surface area contributed by atoms with Gasteiger partial charge in [0, 0.05) is 34.4 Å². The molecule has 0 spiro atoms. The summed E-state index contributed by atoms with van der Waals surface area (Å²) in [6.45, 7) is 1.60. The van der Waals surface area contributed by atoms with E-state index < -0.39 is 15.3 Å². The van der Waals surface area contributed by atoms with E-state index in [0.29, 0.717) is 27.7 Å². The van der Waals surface area contributed by atoms with Crippen LogP contribution in [0.15, 0.2) is 45.8 Å². The van der Waals surface area contributed by atoms with Gasteiger partial charge in [-0.3, -0.25) is 4.79 Å². The van der Waals surface area contributed by atoms with Crippen LogP contribution in [0, 0.1) is 0 Å². The van der Waals surface area contributed by atoms with Crippen molar-refractivity contribution in [1.29, 1.82) is 0 Å². The van der Waals surface area contributed by atoms with Gasteiger partial charge in [0.1, 0.15) is 5.78 Å². The highest BCUT2D eigenvalue weighted by molar-refractivity contribution is 7.91. The van der Waals surface area contributed by atoms with Gasteiger partial charge in [-0.15, -0.1) is 0 Å². The quantitative estimate of drug-likeness (QED) is 0.372. The van der Waals surface area contributed by atoms with Gasteiger partial charge in [-0.2, -0.15) is 4.98 Å². The summed E-state index contributed by atoms with van der Waals surface area (Å²) in [7, 11) is -3.26. The van der Waals surface area contributed by atoms with Crippen LogP contribution in [0.4, 0.5) is 0 Å². The molecule has 9 heteroatoms. The predicted molar refractivity (Wildman–Crippen MR) is 129 cm³/mol. The Morgan fingerprint density at radius 3 is 2.24 bits per heavy atom. The van der Waals surface area contributed by atoms with Gasteiger partial charge < -0.3 is 4.52 Å². The molecule has 0 aliphatic heterocycles. The minimum absolute atomic E-state index is 0.0145. The third-order valence-electron chi connectivity index (χ3n) is 6.59. The van der Waals surface area contributed by atoms with E-state index in [1.165, 1.54) is 0 Å². The Hall–Kier alpha value is -2.22. The Labute approximate surface area is 208 Å². The first-order valence-corrected chi connectivity index (χ1v) is 13.8. The standard InChI is InChI=1S/C25H24Cl2N2O4S/c1-2-34(31,32)19-7-3-15(4-8-19)11-18(30)12-16-13-20(26)22(21(27)14-16)25(9-10-25)24-28-23(33-29-24)17-5-6-17/h3-4,7-8,13-14,17H,2,5-6,9-12H2,1H3. The zero-order chi connectivity index (χ0) is 24.1. The van der Waals surface area contributed by atoms with Crippen molar-refractivity contribution in [3.8, 4) is 0 Å². The SMILES string of the molecule is CCS(=O)(=O)c1ccc(CC(=O)Cc2cc(Cl)c(C3(c4noc(C5CC5)n4)CC3)c(Cl)c2)cc1. The van der Waals surface area contributed by atoms with Gasteiger partial charge in [-0.25, -0.2) is 8.42 Å². The number of nitrogens with zero attached hydrogens (tertiary/aromatic N) is 2. The molecule has 3 aromatic rings. The lowest BCUT2D eigenvalue weighted by Crippen LogP contribution is -2.14. The molecule has 178 valence electrons. The van der Waals surface area contributed by atoms with Crippen molar-refractivity contribution < 1.29 is 17.7 Å². The van der Waals surface area contributed by atoms with Crippen LogP contribution in [0.5, 0.6) is 0 Å². The third kappa shape index (κ3) is 4.53. The molecule has 0 amide bonds. The summed E-state index contributed by atoms with van der Waals surface area (Å²) in [6, 6.07) is 10.0. The molecule has 2 aliphatic carbocycles. The summed E-state index contributed by atoms with van der Waals surface area (Å²) >= 11 is 13.3. The molecule has 34 heavy (non-hydrogen) atoms. The third-order valence-corrected chi connectivity index (χ3v) is 8.94. The molecule has 2 aromatic carbocycles. The Balaban J connectivity index is 1.30. The summed E-state index contributed by atoms with van der Waals surface area (Å²) in [5, 5.41) is 5.22. The first-order valence-electron chi connectivity index (χ1n) is 11.4. The summed E-state index contributed by atoms with van der Waals surface area (Å²) in [5.74, 6) is 1.73. The van der Waals surface area contributed by atoms with Gasteiger partial charge in [-0.1, -0.05) is 47.4 Å². The number of carbonyl (C=O) groups is 1. The van der Waals surface area contributed by atoms with Crippen LogP contribution in [0.25, 0.3) is 0 Å². The molecule has 2 saturated carbocycles. The lowest BCUT2D eigenvalue weighted by molar-refractivity contribution is -0.117. The molecule has 0 N–H and O–H groups in total. The Kier molecular flexibility index (Phi) is 6.07. The van der Waals surface area contributed by atoms with E-state index in [4.69, 9.17) is 27.7 Å². The van der Waals surface area contributed by atoms with Gasteiger partial charge in [0.05, 0.1) is 16.1 Å². The fourth-order valence-electron chi connectivity index (χ4n) is 4.32. The molecule has 0 bridgehead atoms. The summed E-state index contributed by atoms with van der Waals surface area (Å²) in [4.78, 5) is 17.6. The lowest BCUT2D eigenvalue weighted by atomic mass is 9.92. The van der Waals surface area contributed by atoms with Crippen LogP contribution in [-0.2, 0) is 32.9 Å². The highest BCUT2D eigenvalue weighted by Crippen LogP contribution is 2.57. The first-order chi connectivity index (χ1) is 16.2. The summed E-state index contributed by atoms with van der Waals surface area (Å²) in [5.41, 5.74) is 1.86. The van der Waals surface area contributed by atoms with E-state index in [9.17, 15) is 13.2 Å². The first kappa shape index (κ1) is 23.5. The predicted octanol–water partition coefficient (Wildman–Crippen LogP) is 5.48. The zero-order valence-electron chi connectivity index (χ0n) is 18.7. The molecule has 6 nitrogen and oxygen atoms in total. The minimum atomic E-state index is -3.26. The number of Topliss-reactive ketones (excluding diaryl/α,β-unsaturated/α-hetero) is 1. The number of benzene rings is 2. The molecule has 0 radical (unpaired) electrons. The Bertz CT molecular complexity index is 1330. The van der Waals surface area contributed by atoms with E-state index in [1.807, 2.05) is 0 Å². The second-order valence-electron chi connectivity index (χ2n) is 9.19. The number of sulfone groups is 1. The molecule has 1 aromatic heterocycles. The van der Waals surface area contributed by atoms with Crippen molar-refractivity contribution >= 4 is 38.8 Å². The highest BCUT2D eigenvalue weighted by atomic mass is 35.5. The number of aromatic nitrogens is 2. The molecule has 5 rings (SSSR count). The molecule has 0 atom stereocenters. The lowest BCUT2D eigenvalue weighted by Gasteiger charge is -2.16. The summed E-state index contributed by atoms with van der Waals surface area (Å²) in [6.07, 6.45) is 4.23. The Morgan fingerprint density at radius 2 is 1.68 bits per heavy atom. The van der Waals surface area contributed by atoms with Crippen molar-refractivity contribution in [1.82, 2.24) is 10.1 Å². The maximum Gasteiger partial charge on any atom is 0.229 e. The normalized spacial score (nSPS) is 17.0. The number of rotatable bonds is 9. The molecule has 2 fully saturated rings. The van der Waals surface area contributed by atoms with Crippen LogP contribution in [0.1, 0.15) is 66.9 Å². The second-order valence-corrected chi connectivity index (χ2v) is 12.3. The topological polar surface area (TPSA) is 90.1 Å².